The van der Waals surface area contributed by atoms with Crippen molar-refractivity contribution in [3.05, 3.63) is 23.8 Å². The fraction of sp³-hybridized carbons (Fsp3) is 0.562. The van der Waals surface area contributed by atoms with Gasteiger partial charge in [-0.15, -0.1) is 0 Å². The van der Waals surface area contributed by atoms with Gasteiger partial charge >= 0.3 is 0 Å². The zero-order valence-electron chi connectivity index (χ0n) is 13.4. The predicted molar refractivity (Wildman–Crippen MR) is 83.9 cm³/mol. The molecule has 0 saturated carbocycles. The van der Waals surface area contributed by atoms with E-state index < -0.39 is 0 Å². The number of benzene rings is 1. The van der Waals surface area contributed by atoms with Crippen molar-refractivity contribution in [1.29, 1.82) is 0 Å². The molecule has 1 aromatic carbocycles. The largest absolute Gasteiger partial charge is 0.497 e. The summed E-state index contributed by atoms with van der Waals surface area (Å²) >= 11 is 0. The number of rotatable bonds is 9. The van der Waals surface area contributed by atoms with E-state index in [0.717, 1.165) is 18.5 Å². The van der Waals surface area contributed by atoms with Gasteiger partial charge < -0.3 is 20.1 Å². The lowest BCUT2D eigenvalue weighted by molar-refractivity contribution is -0.123. The van der Waals surface area contributed by atoms with Crippen LogP contribution in [0.3, 0.4) is 0 Å². The number of nitrogens with one attached hydrogen (secondary N) is 2. The average molecular weight is 294 g/mol. The van der Waals surface area contributed by atoms with Crippen LogP contribution in [0.1, 0.15) is 38.8 Å². The number of amides is 1. The lowest BCUT2D eigenvalue weighted by Crippen LogP contribution is -2.29. The summed E-state index contributed by atoms with van der Waals surface area (Å²) < 4.78 is 10.9. The Morgan fingerprint density at radius 3 is 2.71 bits per heavy atom. The Labute approximate surface area is 127 Å². The Morgan fingerprint density at radius 1 is 1.33 bits per heavy atom. The first kappa shape index (κ1) is 17.3. The third-order valence-electron chi connectivity index (χ3n) is 3.13. The van der Waals surface area contributed by atoms with E-state index in [2.05, 4.69) is 24.5 Å². The average Bonchev–Trinajstić information content (AvgIpc) is 2.50. The van der Waals surface area contributed by atoms with Crippen LogP contribution in [0.15, 0.2) is 18.2 Å². The quantitative estimate of drug-likeness (QED) is 0.733. The topological polar surface area (TPSA) is 59.6 Å². The minimum atomic E-state index is -0.110. The number of methoxy groups -OCH3 is 1. The summed E-state index contributed by atoms with van der Waals surface area (Å²) in [6.45, 7) is 7.68. The zero-order chi connectivity index (χ0) is 15.7. The summed E-state index contributed by atoms with van der Waals surface area (Å²) in [6.07, 6.45) is 0.910. The molecule has 0 aliphatic heterocycles. The third-order valence-corrected chi connectivity index (χ3v) is 3.13. The van der Waals surface area contributed by atoms with E-state index in [1.54, 1.807) is 7.11 Å². The van der Waals surface area contributed by atoms with Gasteiger partial charge in [0.25, 0.3) is 5.91 Å². The maximum absolute atomic E-state index is 11.7. The van der Waals surface area contributed by atoms with Crippen molar-refractivity contribution in [1.82, 2.24) is 10.6 Å². The fourth-order valence-electron chi connectivity index (χ4n) is 2.00. The number of ether oxygens (including phenoxy) is 2. The lowest BCUT2D eigenvalue weighted by Gasteiger charge is -2.18. The third kappa shape index (κ3) is 5.63. The molecule has 0 aliphatic rings. The molecule has 2 N–H and O–H groups in total. The maximum Gasteiger partial charge on any atom is 0.257 e. The SMILES string of the molecule is CCCNC(=O)COc1cc(OC)ccc1C(C)NCC. The highest BCUT2D eigenvalue weighted by atomic mass is 16.5. The fourth-order valence-corrected chi connectivity index (χ4v) is 2.00. The molecule has 0 radical (unpaired) electrons. The van der Waals surface area contributed by atoms with Gasteiger partial charge in [0.15, 0.2) is 6.61 Å². The molecule has 0 aliphatic carbocycles. The first-order chi connectivity index (χ1) is 10.1. The van der Waals surface area contributed by atoms with Crippen LogP contribution in [-0.4, -0.2) is 32.7 Å². The molecule has 0 spiro atoms. The summed E-state index contributed by atoms with van der Waals surface area (Å²) in [6, 6.07) is 5.82. The highest BCUT2D eigenvalue weighted by Crippen LogP contribution is 2.29. The van der Waals surface area contributed by atoms with E-state index in [1.165, 1.54) is 0 Å². The highest BCUT2D eigenvalue weighted by Gasteiger charge is 2.13. The van der Waals surface area contributed by atoms with E-state index in [4.69, 9.17) is 9.47 Å². The maximum atomic E-state index is 11.7. The molecule has 21 heavy (non-hydrogen) atoms. The summed E-state index contributed by atoms with van der Waals surface area (Å²) in [5, 5.41) is 6.13. The summed E-state index contributed by atoms with van der Waals surface area (Å²) in [7, 11) is 1.61. The van der Waals surface area contributed by atoms with Crippen molar-refractivity contribution < 1.29 is 14.3 Å². The summed E-state index contributed by atoms with van der Waals surface area (Å²) in [4.78, 5) is 11.7. The van der Waals surface area contributed by atoms with Gasteiger partial charge in [0.05, 0.1) is 7.11 Å². The standard InChI is InChI=1S/C16H26N2O3/c1-5-9-18-16(19)11-21-15-10-13(20-4)7-8-14(15)12(3)17-6-2/h7-8,10,12,17H,5-6,9,11H2,1-4H3,(H,18,19). The second-order valence-electron chi connectivity index (χ2n) is 4.82. The number of hydrogen-bond acceptors (Lipinski definition) is 4. The monoisotopic (exact) mass is 294 g/mol. The molecule has 0 bridgehead atoms. The highest BCUT2D eigenvalue weighted by molar-refractivity contribution is 5.77. The smallest absolute Gasteiger partial charge is 0.257 e. The summed E-state index contributed by atoms with van der Waals surface area (Å²) in [5.41, 5.74) is 1.01. The van der Waals surface area contributed by atoms with Gasteiger partial charge in [-0.1, -0.05) is 19.9 Å². The van der Waals surface area contributed by atoms with E-state index in [-0.39, 0.29) is 18.6 Å². The van der Waals surface area contributed by atoms with Gasteiger partial charge in [-0.2, -0.15) is 0 Å². The molecular weight excluding hydrogens is 268 g/mol. The molecule has 0 aromatic heterocycles. The van der Waals surface area contributed by atoms with Crippen LogP contribution in [0.5, 0.6) is 11.5 Å². The van der Waals surface area contributed by atoms with E-state index in [9.17, 15) is 4.79 Å². The Bertz CT molecular complexity index is 449. The molecule has 1 rings (SSSR count). The molecule has 5 heteroatoms. The van der Waals surface area contributed by atoms with Crippen molar-refractivity contribution in [2.24, 2.45) is 0 Å². The number of hydrogen-bond donors (Lipinski definition) is 2. The van der Waals surface area contributed by atoms with Gasteiger partial charge in [0, 0.05) is 24.2 Å². The normalized spacial score (nSPS) is 11.8. The molecule has 5 nitrogen and oxygen atoms in total. The molecule has 1 atom stereocenters. The second kappa shape index (κ2) is 9.23. The molecule has 0 heterocycles. The van der Waals surface area contributed by atoms with Crippen molar-refractivity contribution in [3.63, 3.8) is 0 Å². The van der Waals surface area contributed by atoms with Crippen LogP contribution in [0.4, 0.5) is 0 Å². The summed E-state index contributed by atoms with van der Waals surface area (Å²) in [5.74, 6) is 1.28. The van der Waals surface area contributed by atoms with Gasteiger partial charge in [-0.25, -0.2) is 0 Å². The van der Waals surface area contributed by atoms with Gasteiger partial charge in [0.1, 0.15) is 11.5 Å². The van der Waals surface area contributed by atoms with Crippen molar-refractivity contribution in [2.75, 3.05) is 26.8 Å². The van der Waals surface area contributed by atoms with E-state index in [1.807, 2.05) is 25.1 Å². The molecule has 1 aromatic rings. The Balaban J connectivity index is 2.78. The Kier molecular flexibility index (Phi) is 7.61. The number of carbonyl (C=O) groups excluding carboxylic acids is 1. The van der Waals surface area contributed by atoms with E-state index >= 15 is 0 Å². The minimum absolute atomic E-state index is 0.0129. The molecule has 0 fully saturated rings. The van der Waals surface area contributed by atoms with Crippen LogP contribution in [0, 0.1) is 0 Å². The second-order valence-corrected chi connectivity index (χ2v) is 4.82. The molecule has 0 saturated heterocycles. The molecule has 1 unspecified atom stereocenters. The van der Waals surface area contributed by atoms with Gasteiger partial charge in [-0.05, 0) is 26.0 Å². The Hall–Kier alpha value is -1.75. The van der Waals surface area contributed by atoms with Crippen LogP contribution in [-0.2, 0) is 4.79 Å². The van der Waals surface area contributed by atoms with Crippen LogP contribution in [0.25, 0.3) is 0 Å². The van der Waals surface area contributed by atoms with Crippen LogP contribution < -0.4 is 20.1 Å². The molecular formula is C16H26N2O3. The zero-order valence-corrected chi connectivity index (χ0v) is 13.4. The van der Waals surface area contributed by atoms with Crippen molar-refractivity contribution in [2.45, 2.75) is 33.2 Å². The molecule has 118 valence electrons. The van der Waals surface area contributed by atoms with Crippen LogP contribution >= 0.6 is 0 Å². The van der Waals surface area contributed by atoms with Crippen molar-refractivity contribution in [3.8, 4) is 11.5 Å². The van der Waals surface area contributed by atoms with E-state index in [0.29, 0.717) is 18.0 Å². The number of carbonyl (C=O) groups is 1. The first-order valence-corrected chi connectivity index (χ1v) is 7.43. The Morgan fingerprint density at radius 2 is 2.10 bits per heavy atom. The van der Waals surface area contributed by atoms with Gasteiger partial charge in [0.2, 0.25) is 0 Å². The first-order valence-electron chi connectivity index (χ1n) is 7.43. The van der Waals surface area contributed by atoms with Crippen LogP contribution in [0.2, 0.25) is 0 Å². The van der Waals surface area contributed by atoms with Gasteiger partial charge in [-0.3, -0.25) is 4.79 Å². The predicted octanol–water partition coefficient (Wildman–Crippen LogP) is 2.27. The lowest BCUT2D eigenvalue weighted by atomic mass is 10.1. The minimum Gasteiger partial charge on any atom is -0.497 e. The van der Waals surface area contributed by atoms with Crippen molar-refractivity contribution >= 4 is 5.91 Å². The molecule has 1 amide bonds.